The second kappa shape index (κ2) is 5.87. The lowest BCUT2D eigenvalue weighted by atomic mass is 10.1. The topological polar surface area (TPSA) is 47.3 Å². The highest BCUT2D eigenvalue weighted by molar-refractivity contribution is 7.19. The molecule has 0 spiro atoms. The molecule has 3 rings (SSSR count). The second-order valence-corrected chi connectivity index (χ2v) is 6.03. The minimum absolute atomic E-state index is 0.633. The van der Waals surface area contributed by atoms with E-state index in [0.29, 0.717) is 5.75 Å². The van der Waals surface area contributed by atoms with E-state index in [9.17, 15) is 5.11 Å². The molecule has 2 aromatic heterocycles. The molecule has 0 radical (unpaired) electrons. The Morgan fingerprint density at radius 1 is 1.38 bits per heavy atom. The van der Waals surface area contributed by atoms with Crippen molar-refractivity contribution in [1.82, 2.24) is 9.78 Å². The number of methoxy groups -OCH3 is 1. The zero-order chi connectivity index (χ0) is 14.8. The highest BCUT2D eigenvalue weighted by Crippen LogP contribution is 2.36. The van der Waals surface area contributed by atoms with E-state index >= 15 is 0 Å². The van der Waals surface area contributed by atoms with Gasteiger partial charge in [-0.1, -0.05) is 25.1 Å². The maximum Gasteiger partial charge on any atom is 0.163 e. The van der Waals surface area contributed by atoms with Crippen molar-refractivity contribution in [3.63, 3.8) is 0 Å². The number of benzene rings is 1. The van der Waals surface area contributed by atoms with Crippen molar-refractivity contribution in [2.24, 2.45) is 0 Å². The van der Waals surface area contributed by atoms with E-state index in [4.69, 9.17) is 4.74 Å². The van der Waals surface area contributed by atoms with Crippen molar-refractivity contribution >= 4 is 21.4 Å². The fourth-order valence-electron chi connectivity index (χ4n) is 2.47. The maximum atomic E-state index is 10.8. The summed E-state index contributed by atoms with van der Waals surface area (Å²) in [5, 5.41) is 16.2. The summed E-state index contributed by atoms with van der Waals surface area (Å²) in [5.74, 6) is 0.633. The average molecular weight is 302 g/mol. The van der Waals surface area contributed by atoms with Crippen LogP contribution in [0.4, 0.5) is 0 Å². The van der Waals surface area contributed by atoms with Gasteiger partial charge in [-0.05, 0) is 23.9 Å². The van der Waals surface area contributed by atoms with E-state index < -0.39 is 6.10 Å². The van der Waals surface area contributed by atoms with Gasteiger partial charge in [0.05, 0.1) is 13.3 Å². The Morgan fingerprint density at radius 2 is 2.19 bits per heavy atom. The first-order valence-corrected chi connectivity index (χ1v) is 7.82. The van der Waals surface area contributed by atoms with Crippen LogP contribution in [0.5, 0.6) is 5.75 Å². The molecule has 0 bridgehead atoms. The molecule has 0 amide bonds. The van der Waals surface area contributed by atoms with E-state index in [0.717, 1.165) is 28.9 Å². The summed E-state index contributed by atoms with van der Waals surface area (Å²) >= 11 is 1.60. The highest BCUT2D eigenvalue weighted by Gasteiger charge is 2.23. The largest absolute Gasteiger partial charge is 0.493 e. The van der Waals surface area contributed by atoms with Gasteiger partial charge in [0.2, 0.25) is 0 Å². The number of aliphatic hydroxyl groups is 1. The molecule has 0 aliphatic carbocycles. The Kier molecular flexibility index (Phi) is 3.94. The molecule has 0 aliphatic heterocycles. The smallest absolute Gasteiger partial charge is 0.163 e. The van der Waals surface area contributed by atoms with Crippen LogP contribution in [0.25, 0.3) is 10.1 Å². The molecule has 21 heavy (non-hydrogen) atoms. The van der Waals surface area contributed by atoms with Crippen molar-refractivity contribution in [2.75, 3.05) is 7.11 Å². The Bertz CT molecular complexity index is 715. The molecule has 0 saturated heterocycles. The van der Waals surface area contributed by atoms with Gasteiger partial charge in [0, 0.05) is 16.1 Å². The monoisotopic (exact) mass is 302 g/mol. The van der Waals surface area contributed by atoms with Crippen molar-refractivity contribution < 1.29 is 9.84 Å². The lowest BCUT2D eigenvalue weighted by Crippen LogP contribution is -2.10. The van der Waals surface area contributed by atoms with Gasteiger partial charge in [-0.3, -0.25) is 4.68 Å². The summed E-state index contributed by atoms with van der Waals surface area (Å²) in [6.07, 6.45) is 1.91. The van der Waals surface area contributed by atoms with Gasteiger partial charge in [-0.15, -0.1) is 11.3 Å². The van der Waals surface area contributed by atoms with Gasteiger partial charge in [0.15, 0.2) is 5.75 Å². The Morgan fingerprint density at radius 3 is 2.90 bits per heavy atom. The molecule has 2 heterocycles. The molecule has 3 aromatic rings. The SMILES string of the molecule is CCCn1ncc(OC)c1C(O)c1cc2ccccc2s1. The number of nitrogens with zero attached hydrogens (tertiary/aromatic N) is 2. The third-order valence-electron chi connectivity index (χ3n) is 3.47. The zero-order valence-electron chi connectivity index (χ0n) is 12.1. The van der Waals surface area contributed by atoms with E-state index in [1.807, 2.05) is 22.9 Å². The van der Waals surface area contributed by atoms with Crippen LogP contribution >= 0.6 is 11.3 Å². The van der Waals surface area contributed by atoms with Gasteiger partial charge in [-0.2, -0.15) is 5.10 Å². The van der Waals surface area contributed by atoms with Crippen LogP contribution in [0.2, 0.25) is 0 Å². The number of thiophene rings is 1. The summed E-state index contributed by atoms with van der Waals surface area (Å²) in [7, 11) is 1.61. The molecule has 110 valence electrons. The lowest BCUT2D eigenvalue weighted by Gasteiger charge is -2.13. The fraction of sp³-hybridized carbons (Fsp3) is 0.312. The van der Waals surface area contributed by atoms with E-state index in [1.165, 1.54) is 4.70 Å². The number of aliphatic hydroxyl groups excluding tert-OH is 1. The van der Waals surface area contributed by atoms with E-state index in [-0.39, 0.29) is 0 Å². The molecule has 4 nitrogen and oxygen atoms in total. The highest BCUT2D eigenvalue weighted by atomic mass is 32.1. The van der Waals surface area contributed by atoms with Gasteiger partial charge in [0.1, 0.15) is 11.8 Å². The molecule has 1 N–H and O–H groups in total. The maximum absolute atomic E-state index is 10.8. The molecule has 1 atom stereocenters. The van der Waals surface area contributed by atoms with Crippen molar-refractivity contribution in [2.45, 2.75) is 26.0 Å². The molecule has 0 fully saturated rings. The first-order chi connectivity index (χ1) is 10.2. The van der Waals surface area contributed by atoms with Crippen LogP contribution in [-0.2, 0) is 6.54 Å². The molecule has 1 unspecified atom stereocenters. The third kappa shape index (κ3) is 2.54. The van der Waals surface area contributed by atoms with Crippen molar-refractivity contribution in [3.05, 3.63) is 47.1 Å². The zero-order valence-corrected chi connectivity index (χ0v) is 12.9. The molecular formula is C16H18N2O2S. The van der Waals surface area contributed by atoms with Crippen LogP contribution in [0.3, 0.4) is 0 Å². The van der Waals surface area contributed by atoms with Gasteiger partial charge >= 0.3 is 0 Å². The summed E-state index contributed by atoms with van der Waals surface area (Å²) in [6.45, 7) is 2.85. The van der Waals surface area contributed by atoms with Crippen molar-refractivity contribution in [1.29, 1.82) is 0 Å². The number of aryl methyl sites for hydroxylation is 1. The number of rotatable bonds is 5. The fourth-order valence-corrected chi connectivity index (χ4v) is 3.53. The van der Waals surface area contributed by atoms with E-state index in [2.05, 4.69) is 24.2 Å². The molecule has 0 aliphatic rings. The Hall–Kier alpha value is -1.85. The number of fused-ring (bicyclic) bond motifs is 1. The minimum Gasteiger partial charge on any atom is -0.493 e. The summed E-state index contributed by atoms with van der Waals surface area (Å²) < 4.78 is 8.35. The number of hydrogen-bond donors (Lipinski definition) is 1. The molecular weight excluding hydrogens is 284 g/mol. The molecule has 5 heteroatoms. The second-order valence-electron chi connectivity index (χ2n) is 4.91. The first kappa shape index (κ1) is 14.1. The summed E-state index contributed by atoms with van der Waals surface area (Å²) in [6, 6.07) is 10.2. The number of hydrogen-bond acceptors (Lipinski definition) is 4. The lowest BCUT2D eigenvalue weighted by molar-refractivity contribution is 0.205. The van der Waals surface area contributed by atoms with Crippen LogP contribution in [-0.4, -0.2) is 22.0 Å². The van der Waals surface area contributed by atoms with Gasteiger partial charge < -0.3 is 9.84 Å². The Balaban J connectivity index is 2.04. The summed E-state index contributed by atoms with van der Waals surface area (Å²) in [5.41, 5.74) is 0.728. The summed E-state index contributed by atoms with van der Waals surface area (Å²) in [4.78, 5) is 0.910. The predicted molar refractivity (Wildman–Crippen MR) is 85.0 cm³/mol. The van der Waals surface area contributed by atoms with Gasteiger partial charge in [0.25, 0.3) is 0 Å². The van der Waals surface area contributed by atoms with Crippen LogP contribution in [0, 0.1) is 0 Å². The van der Waals surface area contributed by atoms with Gasteiger partial charge in [-0.25, -0.2) is 0 Å². The third-order valence-corrected chi connectivity index (χ3v) is 4.64. The van der Waals surface area contributed by atoms with E-state index in [1.54, 1.807) is 24.6 Å². The van der Waals surface area contributed by atoms with Crippen LogP contribution in [0.1, 0.15) is 30.0 Å². The average Bonchev–Trinajstić information content (AvgIpc) is 3.10. The normalized spacial score (nSPS) is 12.7. The molecule has 0 saturated carbocycles. The first-order valence-electron chi connectivity index (χ1n) is 7.00. The van der Waals surface area contributed by atoms with Crippen molar-refractivity contribution in [3.8, 4) is 5.75 Å². The molecule has 1 aromatic carbocycles. The predicted octanol–water partition coefficient (Wildman–Crippen LogP) is 3.60. The van der Waals surface area contributed by atoms with Crippen LogP contribution in [0.15, 0.2) is 36.5 Å². The quantitative estimate of drug-likeness (QED) is 0.783. The minimum atomic E-state index is -0.716. The standard InChI is InChI=1S/C16H18N2O2S/c1-3-8-18-15(12(20-2)10-17-18)16(19)14-9-11-6-4-5-7-13(11)21-14/h4-7,9-10,16,19H,3,8H2,1-2H3. The number of aromatic nitrogens is 2. The van der Waals surface area contributed by atoms with Crippen LogP contribution < -0.4 is 4.74 Å². The Labute approximate surface area is 127 Å². The number of ether oxygens (including phenoxy) is 1.